The van der Waals surface area contributed by atoms with E-state index in [0.29, 0.717) is 39.4 Å². The number of hydrogen-bond acceptors (Lipinski definition) is 6. The summed E-state index contributed by atoms with van der Waals surface area (Å²) in [5, 5.41) is 5.02. The van der Waals surface area contributed by atoms with Crippen molar-refractivity contribution in [3.63, 3.8) is 0 Å². The Kier molecular flexibility index (Phi) is 4.91. The highest BCUT2D eigenvalue weighted by atomic mass is 35.5. The summed E-state index contributed by atoms with van der Waals surface area (Å²) in [5.74, 6) is 1.51. The molecule has 7 nitrogen and oxygen atoms in total. The Morgan fingerprint density at radius 3 is 2.36 bits per heavy atom. The van der Waals surface area contributed by atoms with Crippen LogP contribution in [-0.4, -0.2) is 42.7 Å². The van der Waals surface area contributed by atoms with E-state index in [1.807, 2.05) is 6.26 Å². The summed E-state index contributed by atoms with van der Waals surface area (Å²) in [4.78, 5) is 35.8. The van der Waals surface area contributed by atoms with Gasteiger partial charge in [0.2, 0.25) is 0 Å². The molecule has 0 saturated carbocycles. The average Bonchev–Trinajstić information content (AvgIpc) is 3.22. The first-order chi connectivity index (χ1) is 13.5. The first kappa shape index (κ1) is 18.6. The number of fused-ring (bicyclic) bond motifs is 1. The van der Waals surface area contributed by atoms with E-state index in [2.05, 4.69) is 15.1 Å². The maximum atomic E-state index is 12.9. The fourth-order valence-electron chi connectivity index (χ4n) is 3.17. The van der Waals surface area contributed by atoms with Crippen LogP contribution in [0.15, 0.2) is 42.6 Å². The average molecular weight is 414 g/mol. The number of pyridine rings is 1. The van der Waals surface area contributed by atoms with Gasteiger partial charge in [0.1, 0.15) is 0 Å². The van der Waals surface area contributed by atoms with Gasteiger partial charge in [-0.3, -0.25) is 14.5 Å². The predicted molar refractivity (Wildman–Crippen MR) is 107 cm³/mol. The van der Waals surface area contributed by atoms with Crippen molar-refractivity contribution in [3.05, 3.63) is 70.4 Å². The molecule has 0 saturated heterocycles. The topological polar surface area (TPSA) is 81.0 Å². The van der Waals surface area contributed by atoms with Crippen molar-refractivity contribution in [1.82, 2.24) is 24.6 Å². The highest BCUT2D eigenvalue weighted by Gasteiger charge is 2.40. The second-order valence-corrected chi connectivity index (χ2v) is 7.57. The van der Waals surface area contributed by atoms with Gasteiger partial charge in [-0.25, -0.2) is 9.97 Å². The summed E-state index contributed by atoms with van der Waals surface area (Å²) >= 11 is 7.52. The zero-order valence-corrected chi connectivity index (χ0v) is 16.7. The van der Waals surface area contributed by atoms with Crippen molar-refractivity contribution in [2.24, 2.45) is 0 Å². The lowest BCUT2D eigenvalue weighted by Gasteiger charge is -2.22. The maximum absolute atomic E-state index is 12.9. The Hall–Kier alpha value is -2.71. The smallest absolute Gasteiger partial charge is 0.262 e. The SMILES string of the molecule is CSCc1nc(C(C)N2C(=O)c3ccccc3C2=O)n(-c2ccc(Cl)cn2)n1. The third-order valence-corrected chi connectivity index (χ3v) is 5.24. The van der Waals surface area contributed by atoms with Gasteiger partial charge in [-0.05, 0) is 37.4 Å². The Bertz CT molecular complexity index is 1030. The van der Waals surface area contributed by atoms with Crippen LogP contribution in [0.5, 0.6) is 0 Å². The predicted octanol–water partition coefficient (Wildman–Crippen LogP) is 3.54. The number of nitrogens with zero attached hydrogens (tertiary/aromatic N) is 5. The number of halogens is 1. The Morgan fingerprint density at radius 1 is 1.11 bits per heavy atom. The van der Waals surface area contributed by atoms with E-state index in [0.717, 1.165) is 0 Å². The van der Waals surface area contributed by atoms with Crippen LogP contribution < -0.4 is 0 Å². The Balaban J connectivity index is 1.77. The molecule has 9 heteroatoms. The van der Waals surface area contributed by atoms with Gasteiger partial charge in [-0.15, -0.1) is 5.10 Å². The highest BCUT2D eigenvalue weighted by molar-refractivity contribution is 7.97. The molecule has 28 heavy (non-hydrogen) atoms. The zero-order chi connectivity index (χ0) is 19.8. The highest BCUT2D eigenvalue weighted by Crippen LogP contribution is 2.31. The molecule has 2 amide bonds. The van der Waals surface area contributed by atoms with Crippen LogP contribution in [0.3, 0.4) is 0 Å². The number of aromatic nitrogens is 4. The summed E-state index contributed by atoms with van der Waals surface area (Å²) in [6.45, 7) is 1.76. The molecule has 3 aromatic rings. The van der Waals surface area contributed by atoms with Crippen LogP contribution in [0.1, 0.15) is 45.3 Å². The first-order valence-electron chi connectivity index (χ1n) is 8.55. The van der Waals surface area contributed by atoms with E-state index in [1.165, 1.54) is 11.1 Å². The molecule has 1 unspecified atom stereocenters. The summed E-state index contributed by atoms with van der Waals surface area (Å²) in [6.07, 6.45) is 3.47. The van der Waals surface area contributed by atoms with Crippen molar-refractivity contribution in [3.8, 4) is 5.82 Å². The molecule has 0 aliphatic carbocycles. The molecule has 0 fully saturated rings. The van der Waals surface area contributed by atoms with E-state index in [9.17, 15) is 9.59 Å². The quantitative estimate of drug-likeness (QED) is 0.595. The number of amides is 2. The van der Waals surface area contributed by atoms with Gasteiger partial charge in [0.25, 0.3) is 11.8 Å². The minimum atomic E-state index is -0.618. The largest absolute Gasteiger partial charge is 0.269 e. The van der Waals surface area contributed by atoms with Crippen LogP contribution in [0.4, 0.5) is 0 Å². The number of carbonyl (C=O) groups is 2. The van der Waals surface area contributed by atoms with Crippen molar-refractivity contribution < 1.29 is 9.59 Å². The van der Waals surface area contributed by atoms with Gasteiger partial charge in [-0.2, -0.15) is 16.4 Å². The number of carbonyl (C=O) groups excluding carboxylic acids is 2. The van der Waals surface area contributed by atoms with Gasteiger partial charge < -0.3 is 0 Å². The lowest BCUT2D eigenvalue weighted by molar-refractivity contribution is 0.0587. The van der Waals surface area contributed by atoms with Gasteiger partial charge in [0.15, 0.2) is 17.5 Å². The number of imide groups is 1. The van der Waals surface area contributed by atoms with Crippen LogP contribution in [0.2, 0.25) is 5.02 Å². The standard InChI is InChI=1S/C19H16ClN5O2S/c1-11(24-18(26)13-5-3-4-6-14(13)19(24)27)17-22-15(10-28-2)23-25(17)16-8-7-12(20)9-21-16/h3-9,11H,10H2,1-2H3. The summed E-state index contributed by atoms with van der Waals surface area (Å²) in [6, 6.07) is 9.62. The Labute approximate surface area is 170 Å². The molecular formula is C19H16ClN5O2S. The van der Waals surface area contributed by atoms with Gasteiger partial charge in [-0.1, -0.05) is 23.7 Å². The minimum Gasteiger partial charge on any atom is -0.269 e. The van der Waals surface area contributed by atoms with Crippen LogP contribution >= 0.6 is 23.4 Å². The molecule has 142 valence electrons. The fourth-order valence-corrected chi connectivity index (χ4v) is 3.66. The van der Waals surface area contributed by atoms with Crippen LogP contribution in [0.25, 0.3) is 5.82 Å². The molecule has 0 N–H and O–H groups in total. The number of rotatable bonds is 5. The molecule has 1 aromatic carbocycles. The summed E-state index contributed by atoms with van der Waals surface area (Å²) in [5.41, 5.74) is 0.804. The number of benzene rings is 1. The van der Waals surface area contributed by atoms with Gasteiger partial charge >= 0.3 is 0 Å². The molecule has 1 aliphatic heterocycles. The lowest BCUT2D eigenvalue weighted by Crippen LogP contribution is -2.34. The van der Waals surface area contributed by atoms with Gasteiger partial charge in [0.05, 0.1) is 27.9 Å². The summed E-state index contributed by atoms with van der Waals surface area (Å²) < 4.78 is 1.57. The molecule has 0 bridgehead atoms. The lowest BCUT2D eigenvalue weighted by atomic mass is 10.1. The third-order valence-electron chi connectivity index (χ3n) is 4.46. The maximum Gasteiger partial charge on any atom is 0.262 e. The molecule has 0 radical (unpaired) electrons. The van der Waals surface area contributed by atoms with Crippen molar-refractivity contribution in [2.75, 3.05) is 6.26 Å². The fraction of sp³-hybridized carbons (Fsp3) is 0.211. The second kappa shape index (κ2) is 7.37. The number of hydrogen-bond donors (Lipinski definition) is 0. The van der Waals surface area contributed by atoms with Crippen molar-refractivity contribution >= 4 is 35.2 Å². The molecular weight excluding hydrogens is 398 g/mol. The van der Waals surface area contributed by atoms with E-state index in [1.54, 1.807) is 59.8 Å². The normalized spacial score (nSPS) is 14.5. The zero-order valence-electron chi connectivity index (χ0n) is 15.2. The molecule has 1 atom stereocenters. The third kappa shape index (κ3) is 3.08. The van der Waals surface area contributed by atoms with Crippen LogP contribution in [0, 0.1) is 0 Å². The van der Waals surface area contributed by atoms with E-state index >= 15 is 0 Å². The number of thioether (sulfide) groups is 1. The monoisotopic (exact) mass is 413 g/mol. The minimum absolute atomic E-state index is 0.335. The Morgan fingerprint density at radius 2 is 1.79 bits per heavy atom. The molecule has 1 aliphatic rings. The first-order valence-corrected chi connectivity index (χ1v) is 10.3. The second-order valence-electron chi connectivity index (χ2n) is 6.27. The molecule has 2 aromatic heterocycles. The summed E-state index contributed by atoms with van der Waals surface area (Å²) in [7, 11) is 0. The van der Waals surface area contributed by atoms with Crippen LogP contribution in [-0.2, 0) is 5.75 Å². The van der Waals surface area contributed by atoms with E-state index < -0.39 is 6.04 Å². The van der Waals surface area contributed by atoms with E-state index in [-0.39, 0.29) is 11.8 Å². The molecule has 3 heterocycles. The van der Waals surface area contributed by atoms with E-state index in [4.69, 9.17) is 11.6 Å². The van der Waals surface area contributed by atoms with Crippen molar-refractivity contribution in [1.29, 1.82) is 0 Å². The molecule has 0 spiro atoms. The van der Waals surface area contributed by atoms with Crippen molar-refractivity contribution in [2.45, 2.75) is 18.7 Å². The molecule has 4 rings (SSSR count). The van der Waals surface area contributed by atoms with Gasteiger partial charge in [0, 0.05) is 6.20 Å².